The molecule has 0 fully saturated rings. The number of ether oxygens (including phenoxy) is 1. The van der Waals surface area contributed by atoms with Crippen molar-refractivity contribution in [2.24, 2.45) is 5.16 Å². The summed E-state index contributed by atoms with van der Waals surface area (Å²) in [7, 11) is 1.52. The highest BCUT2D eigenvalue weighted by Gasteiger charge is 2.63. The van der Waals surface area contributed by atoms with E-state index < -0.39 is 23.2 Å². The smallest absolute Gasteiger partial charge is 0.442 e. The quantitative estimate of drug-likeness (QED) is 0.362. The lowest BCUT2D eigenvalue weighted by Gasteiger charge is -2.30. The van der Waals surface area contributed by atoms with Crippen molar-refractivity contribution in [3.05, 3.63) is 74.8 Å². The Labute approximate surface area is 166 Å². The van der Waals surface area contributed by atoms with E-state index in [-0.39, 0.29) is 12.0 Å². The molecular weight excluding hydrogens is 389 g/mol. The molecule has 0 unspecified atom stereocenters. The molecule has 9 heteroatoms. The van der Waals surface area contributed by atoms with Crippen LogP contribution in [0.5, 0.6) is 5.75 Å². The van der Waals surface area contributed by atoms with Crippen LogP contribution in [0.15, 0.2) is 47.6 Å². The first kappa shape index (κ1) is 22.2. The maximum absolute atomic E-state index is 14.0. The molecule has 0 heterocycles. The summed E-state index contributed by atoms with van der Waals surface area (Å²) in [5.41, 5.74) is -1.73. The van der Waals surface area contributed by atoms with Gasteiger partial charge in [-0.15, -0.1) is 0 Å². The fraction of sp³-hybridized carbons (Fsp3) is 0.350. The number of halogens is 3. The topological polar surface area (TPSA) is 74.0 Å². The second-order valence-corrected chi connectivity index (χ2v) is 6.62. The predicted octanol–water partition coefficient (Wildman–Crippen LogP) is 4.59. The van der Waals surface area contributed by atoms with Gasteiger partial charge in [0.25, 0.3) is 6.54 Å². The molecule has 29 heavy (non-hydrogen) atoms. The highest BCUT2D eigenvalue weighted by atomic mass is 19.4. The van der Waals surface area contributed by atoms with Gasteiger partial charge in [-0.2, -0.15) is 13.2 Å². The standard InChI is InChI=1S/C20H21F3N2O4/c1-14-10-15(2)12-17(11-14)19(13-25(26)27,20(21,22)23)29-24-9-8-16-4-6-18(28-3)7-5-16/h4-7,9-12H,8,13H2,1-3H3/b24-9+/t19-/m1/s1. The number of nitro groups is 1. The van der Waals surface area contributed by atoms with E-state index in [0.29, 0.717) is 16.9 Å². The van der Waals surface area contributed by atoms with Crippen molar-refractivity contribution < 1.29 is 27.7 Å². The first-order valence-corrected chi connectivity index (χ1v) is 8.67. The van der Waals surface area contributed by atoms with Crippen LogP contribution in [0.3, 0.4) is 0 Å². The van der Waals surface area contributed by atoms with Gasteiger partial charge in [0.2, 0.25) is 0 Å². The van der Waals surface area contributed by atoms with Crippen LogP contribution in [0.1, 0.15) is 22.3 Å². The Hall–Kier alpha value is -3.10. The van der Waals surface area contributed by atoms with Crippen LogP contribution >= 0.6 is 0 Å². The van der Waals surface area contributed by atoms with Gasteiger partial charge in [0.15, 0.2) is 0 Å². The molecule has 0 radical (unpaired) electrons. The third-order valence-corrected chi connectivity index (χ3v) is 4.27. The normalized spacial score (nSPS) is 13.9. The number of hydrogen-bond donors (Lipinski definition) is 0. The molecule has 0 spiro atoms. The zero-order valence-corrected chi connectivity index (χ0v) is 16.2. The van der Waals surface area contributed by atoms with Gasteiger partial charge in [0.05, 0.1) is 7.11 Å². The molecule has 0 saturated carbocycles. The fourth-order valence-corrected chi connectivity index (χ4v) is 2.90. The number of alkyl halides is 3. The minimum atomic E-state index is -5.06. The summed E-state index contributed by atoms with van der Waals surface area (Å²) in [6.45, 7) is 1.72. The zero-order valence-electron chi connectivity index (χ0n) is 16.2. The maximum atomic E-state index is 14.0. The molecule has 0 N–H and O–H groups in total. The van der Waals surface area contributed by atoms with E-state index in [4.69, 9.17) is 9.57 Å². The van der Waals surface area contributed by atoms with Crippen LogP contribution in [0.4, 0.5) is 13.2 Å². The number of benzene rings is 2. The third kappa shape index (κ3) is 5.46. The summed E-state index contributed by atoms with van der Waals surface area (Å²) in [4.78, 5) is 14.9. The van der Waals surface area contributed by atoms with Crippen molar-refractivity contribution in [2.45, 2.75) is 32.0 Å². The van der Waals surface area contributed by atoms with Gasteiger partial charge in [-0.25, -0.2) is 0 Å². The van der Waals surface area contributed by atoms with Gasteiger partial charge in [-0.05, 0) is 31.5 Å². The Kier molecular flexibility index (Phi) is 6.84. The van der Waals surface area contributed by atoms with Crippen molar-refractivity contribution >= 4 is 6.21 Å². The molecule has 0 aliphatic carbocycles. The summed E-state index contributed by atoms with van der Waals surface area (Å²) in [5, 5.41) is 14.5. The van der Waals surface area contributed by atoms with Gasteiger partial charge < -0.3 is 9.57 Å². The summed E-state index contributed by atoms with van der Waals surface area (Å²) < 4.78 is 47.0. The first-order chi connectivity index (χ1) is 13.6. The Bertz CT molecular complexity index is 862. The molecule has 6 nitrogen and oxygen atoms in total. The fourth-order valence-electron chi connectivity index (χ4n) is 2.90. The van der Waals surface area contributed by atoms with E-state index in [1.54, 1.807) is 44.2 Å². The Morgan fingerprint density at radius 3 is 2.17 bits per heavy atom. The van der Waals surface area contributed by atoms with E-state index in [2.05, 4.69) is 5.16 Å². The van der Waals surface area contributed by atoms with Gasteiger partial charge in [0.1, 0.15) is 5.75 Å². The minimum absolute atomic E-state index is 0.184. The lowest BCUT2D eigenvalue weighted by Crippen LogP contribution is -2.49. The van der Waals surface area contributed by atoms with Crippen LogP contribution in [0, 0.1) is 24.0 Å². The van der Waals surface area contributed by atoms with Gasteiger partial charge in [-0.1, -0.05) is 46.6 Å². The number of nitrogens with zero attached hydrogens (tertiary/aromatic N) is 2. The highest BCUT2D eigenvalue weighted by molar-refractivity contribution is 5.61. The minimum Gasteiger partial charge on any atom is -0.497 e. The predicted molar refractivity (Wildman–Crippen MR) is 102 cm³/mol. The Morgan fingerprint density at radius 2 is 1.69 bits per heavy atom. The molecule has 0 saturated heterocycles. The van der Waals surface area contributed by atoms with Crippen LogP contribution in [0.2, 0.25) is 0 Å². The summed E-state index contributed by atoms with van der Waals surface area (Å²) in [5.74, 6) is 0.638. The van der Waals surface area contributed by atoms with Gasteiger partial charge in [0, 0.05) is 23.1 Å². The van der Waals surface area contributed by atoms with Crippen LogP contribution in [0.25, 0.3) is 0 Å². The van der Waals surface area contributed by atoms with Gasteiger partial charge in [-0.3, -0.25) is 10.1 Å². The van der Waals surface area contributed by atoms with Crippen LogP contribution < -0.4 is 4.74 Å². The van der Waals surface area contributed by atoms with E-state index in [9.17, 15) is 23.3 Å². The lowest BCUT2D eigenvalue weighted by molar-refractivity contribution is -0.522. The van der Waals surface area contributed by atoms with Crippen LogP contribution in [-0.2, 0) is 16.9 Å². The number of aryl methyl sites for hydroxylation is 2. The molecule has 2 aromatic rings. The van der Waals surface area contributed by atoms with Crippen molar-refractivity contribution in [3.63, 3.8) is 0 Å². The monoisotopic (exact) mass is 410 g/mol. The average molecular weight is 410 g/mol. The second-order valence-electron chi connectivity index (χ2n) is 6.62. The van der Waals surface area contributed by atoms with Crippen molar-refractivity contribution in [3.8, 4) is 5.75 Å². The van der Waals surface area contributed by atoms with Gasteiger partial charge >= 0.3 is 11.8 Å². The average Bonchev–Trinajstić information content (AvgIpc) is 2.62. The van der Waals surface area contributed by atoms with E-state index in [1.807, 2.05) is 0 Å². The molecular formula is C20H21F3N2O4. The van der Waals surface area contributed by atoms with E-state index in [0.717, 1.165) is 11.8 Å². The lowest BCUT2D eigenvalue weighted by atomic mass is 9.90. The zero-order chi connectivity index (χ0) is 21.7. The molecule has 0 bridgehead atoms. The first-order valence-electron chi connectivity index (χ1n) is 8.67. The molecule has 0 aromatic heterocycles. The summed E-state index contributed by atoms with van der Waals surface area (Å²) in [6.07, 6.45) is -3.73. The highest BCUT2D eigenvalue weighted by Crippen LogP contribution is 2.43. The van der Waals surface area contributed by atoms with Crippen molar-refractivity contribution in [1.82, 2.24) is 0 Å². The molecule has 156 valence electrons. The van der Waals surface area contributed by atoms with E-state index >= 15 is 0 Å². The molecule has 0 amide bonds. The molecule has 1 atom stereocenters. The van der Waals surface area contributed by atoms with Crippen LogP contribution in [-0.4, -0.2) is 31.0 Å². The SMILES string of the molecule is COc1ccc(C/C=N/O[C@](C[N+](=O)[O-])(c2cc(C)cc(C)c2)C(F)(F)F)cc1. The molecule has 0 aliphatic rings. The largest absolute Gasteiger partial charge is 0.497 e. The van der Waals surface area contributed by atoms with Crippen molar-refractivity contribution in [2.75, 3.05) is 13.7 Å². The molecule has 2 aromatic carbocycles. The van der Waals surface area contributed by atoms with E-state index in [1.165, 1.54) is 19.2 Å². The second kappa shape index (κ2) is 8.93. The third-order valence-electron chi connectivity index (χ3n) is 4.27. The Balaban J connectivity index is 2.34. The van der Waals surface area contributed by atoms with Crippen molar-refractivity contribution in [1.29, 1.82) is 0 Å². The molecule has 0 aliphatic heterocycles. The number of rotatable bonds is 8. The molecule has 2 rings (SSSR count). The number of methoxy groups -OCH3 is 1. The number of hydrogen-bond acceptors (Lipinski definition) is 5. The number of oxime groups is 1. The summed E-state index contributed by atoms with van der Waals surface area (Å²) in [6, 6.07) is 11.0. The summed E-state index contributed by atoms with van der Waals surface area (Å²) >= 11 is 0. The Morgan fingerprint density at radius 1 is 1.10 bits per heavy atom. The maximum Gasteiger partial charge on any atom is 0.442 e.